The van der Waals surface area contributed by atoms with E-state index in [-0.39, 0.29) is 11.9 Å². The van der Waals surface area contributed by atoms with Crippen molar-refractivity contribution in [2.45, 2.75) is 51.6 Å². The van der Waals surface area contributed by atoms with E-state index < -0.39 is 0 Å². The molecule has 130 valence electrons. The van der Waals surface area contributed by atoms with Crippen LogP contribution in [0.25, 0.3) is 11.0 Å². The number of methoxy groups -OCH3 is 1. The highest BCUT2D eigenvalue weighted by Crippen LogP contribution is 2.32. The summed E-state index contributed by atoms with van der Waals surface area (Å²) in [7, 11) is 1.61. The fourth-order valence-electron chi connectivity index (χ4n) is 3.34. The van der Waals surface area contributed by atoms with E-state index in [2.05, 4.69) is 17.6 Å². The molecule has 1 aromatic heterocycles. The van der Waals surface area contributed by atoms with Gasteiger partial charge in [0.1, 0.15) is 0 Å². The Bertz CT molecular complexity index is 702. The number of ether oxygens (including phenoxy) is 1. The van der Waals surface area contributed by atoms with Gasteiger partial charge in [-0.15, -0.1) is 0 Å². The van der Waals surface area contributed by atoms with Crippen LogP contribution in [0.3, 0.4) is 0 Å². The van der Waals surface area contributed by atoms with E-state index in [1.165, 1.54) is 19.3 Å². The van der Waals surface area contributed by atoms with Gasteiger partial charge >= 0.3 is 0 Å². The molecule has 0 saturated heterocycles. The van der Waals surface area contributed by atoms with Crippen LogP contribution < -0.4 is 15.4 Å². The molecule has 0 unspecified atom stereocenters. The van der Waals surface area contributed by atoms with Crippen LogP contribution in [0.4, 0.5) is 0 Å². The summed E-state index contributed by atoms with van der Waals surface area (Å²) in [6.45, 7) is 3.69. The summed E-state index contributed by atoms with van der Waals surface area (Å²) in [5.74, 6) is 0.884. The molecule has 1 aliphatic rings. The number of carbonyl (C=O) groups excluding carboxylic acids is 1. The smallest absolute Gasteiger partial charge is 0.287 e. The van der Waals surface area contributed by atoms with Crippen molar-refractivity contribution in [1.29, 1.82) is 0 Å². The zero-order valence-electron chi connectivity index (χ0n) is 14.5. The average molecular weight is 330 g/mol. The van der Waals surface area contributed by atoms with Gasteiger partial charge in [-0.25, -0.2) is 0 Å². The van der Waals surface area contributed by atoms with Gasteiger partial charge in [-0.3, -0.25) is 4.79 Å². The van der Waals surface area contributed by atoms with E-state index >= 15 is 0 Å². The molecule has 0 radical (unpaired) electrons. The monoisotopic (exact) mass is 330 g/mol. The summed E-state index contributed by atoms with van der Waals surface area (Å²) in [5, 5.41) is 7.36. The molecule has 5 heteroatoms. The highest BCUT2D eigenvalue weighted by atomic mass is 16.5. The minimum absolute atomic E-state index is 0.130. The van der Waals surface area contributed by atoms with Gasteiger partial charge < -0.3 is 19.8 Å². The third kappa shape index (κ3) is 3.56. The Labute approximate surface area is 142 Å². The number of hydrogen-bond donors (Lipinski definition) is 2. The number of benzene rings is 1. The minimum Gasteiger partial charge on any atom is -0.493 e. The Hall–Kier alpha value is -2.01. The second-order valence-electron chi connectivity index (χ2n) is 6.37. The Kier molecular flexibility index (Phi) is 5.41. The molecule has 0 bridgehead atoms. The van der Waals surface area contributed by atoms with Crippen molar-refractivity contribution in [2.24, 2.45) is 0 Å². The van der Waals surface area contributed by atoms with Crippen LogP contribution >= 0.6 is 0 Å². The first-order chi connectivity index (χ1) is 11.7. The molecular formula is C19H26N2O3. The van der Waals surface area contributed by atoms with Gasteiger partial charge in [0.05, 0.1) is 7.11 Å². The summed E-state index contributed by atoms with van der Waals surface area (Å²) in [5.41, 5.74) is 1.75. The lowest BCUT2D eigenvalue weighted by molar-refractivity contribution is 0.0901. The second kappa shape index (κ2) is 7.71. The van der Waals surface area contributed by atoms with Crippen LogP contribution in [-0.4, -0.2) is 25.6 Å². The van der Waals surface area contributed by atoms with Crippen molar-refractivity contribution < 1.29 is 13.9 Å². The molecule has 1 amide bonds. The van der Waals surface area contributed by atoms with E-state index in [0.29, 0.717) is 17.1 Å². The molecule has 24 heavy (non-hydrogen) atoms. The van der Waals surface area contributed by atoms with Crippen molar-refractivity contribution in [2.75, 3.05) is 13.7 Å². The van der Waals surface area contributed by atoms with Gasteiger partial charge in [-0.1, -0.05) is 32.3 Å². The first-order valence-corrected chi connectivity index (χ1v) is 8.84. The van der Waals surface area contributed by atoms with Gasteiger partial charge in [-0.05, 0) is 37.1 Å². The fourth-order valence-corrected chi connectivity index (χ4v) is 3.34. The van der Waals surface area contributed by atoms with Gasteiger partial charge in [0.25, 0.3) is 5.91 Å². The molecule has 0 aliphatic heterocycles. The van der Waals surface area contributed by atoms with Crippen LogP contribution in [0.1, 0.15) is 55.1 Å². The van der Waals surface area contributed by atoms with Crippen LogP contribution in [-0.2, 0) is 6.54 Å². The van der Waals surface area contributed by atoms with E-state index in [0.717, 1.165) is 36.9 Å². The summed E-state index contributed by atoms with van der Waals surface area (Å²) in [6.07, 6.45) is 5.75. The standard InChI is InChI=1S/C19H26N2O3/c1-3-20-12-13-9-10-16(23-2)18-15(13)11-17(24-18)19(22)21-14-7-5-4-6-8-14/h9-11,14,20H,3-8,12H2,1-2H3,(H,21,22). The van der Waals surface area contributed by atoms with Crippen molar-refractivity contribution in [3.8, 4) is 5.75 Å². The number of amides is 1. The van der Waals surface area contributed by atoms with Crippen molar-refractivity contribution in [1.82, 2.24) is 10.6 Å². The van der Waals surface area contributed by atoms with E-state index in [4.69, 9.17) is 9.15 Å². The molecule has 2 aromatic rings. The number of fused-ring (bicyclic) bond motifs is 1. The lowest BCUT2D eigenvalue weighted by Crippen LogP contribution is -2.35. The molecule has 1 saturated carbocycles. The molecule has 0 spiro atoms. The van der Waals surface area contributed by atoms with Gasteiger partial charge in [0.15, 0.2) is 17.1 Å². The van der Waals surface area contributed by atoms with E-state index in [1.54, 1.807) is 7.11 Å². The van der Waals surface area contributed by atoms with Crippen LogP contribution in [0.5, 0.6) is 5.75 Å². The zero-order valence-corrected chi connectivity index (χ0v) is 14.5. The molecular weight excluding hydrogens is 304 g/mol. The van der Waals surface area contributed by atoms with Gasteiger partial charge in [0, 0.05) is 18.0 Å². The van der Waals surface area contributed by atoms with Crippen LogP contribution in [0.2, 0.25) is 0 Å². The lowest BCUT2D eigenvalue weighted by Gasteiger charge is -2.22. The van der Waals surface area contributed by atoms with Crippen molar-refractivity contribution in [3.05, 3.63) is 29.5 Å². The summed E-state index contributed by atoms with van der Waals surface area (Å²) in [6, 6.07) is 6.01. The maximum absolute atomic E-state index is 12.5. The number of furan rings is 1. The fraction of sp³-hybridized carbons (Fsp3) is 0.526. The van der Waals surface area contributed by atoms with Crippen LogP contribution in [0.15, 0.2) is 22.6 Å². The second-order valence-corrected chi connectivity index (χ2v) is 6.37. The number of carbonyl (C=O) groups is 1. The van der Waals surface area contributed by atoms with E-state index in [1.807, 2.05) is 18.2 Å². The van der Waals surface area contributed by atoms with Crippen molar-refractivity contribution >= 4 is 16.9 Å². The third-order valence-corrected chi connectivity index (χ3v) is 4.69. The van der Waals surface area contributed by atoms with Gasteiger partial charge in [0.2, 0.25) is 0 Å². The SMILES string of the molecule is CCNCc1ccc(OC)c2oc(C(=O)NC3CCCCC3)cc12. The number of hydrogen-bond acceptors (Lipinski definition) is 4. The first-order valence-electron chi connectivity index (χ1n) is 8.84. The number of nitrogens with one attached hydrogen (secondary N) is 2. The maximum Gasteiger partial charge on any atom is 0.287 e. The first kappa shape index (κ1) is 16.8. The Morgan fingerprint density at radius 3 is 2.79 bits per heavy atom. The Balaban J connectivity index is 1.86. The largest absolute Gasteiger partial charge is 0.493 e. The average Bonchev–Trinajstić information content (AvgIpc) is 3.06. The normalized spacial score (nSPS) is 15.6. The maximum atomic E-state index is 12.5. The lowest BCUT2D eigenvalue weighted by atomic mass is 9.95. The predicted octanol–water partition coefficient (Wildman–Crippen LogP) is 3.61. The quantitative estimate of drug-likeness (QED) is 0.849. The Morgan fingerprint density at radius 2 is 2.08 bits per heavy atom. The third-order valence-electron chi connectivity index (χ3n) is 4.69. The number of rotatable bonds is 6. The van der Waals surface area contributed by atoms with Crippen LogP contribution in [0, 0.1) is 0 Å². The van der Waals surface area contributed by atoms with Gasteiger partial charge in [-0.2, -0.15) is 0 Å². The molecule has 3 rings (SSSR count). The molecule has 2 N–H and O–H groups in total. The molecule has 1 heterocycles. The van der Waals surface area contributed by atoms with E-state index in [9.17, 15) is 4.79 Å². The molecule has 1 aliphatic carbocycles. The topological polar surface area (TPSA) is 63.5 Å². The minimum atomic E-state index is -0.130. The summed E-state index contributed by atoms with van der Waals surface area (Å²) >= 11 is 0. The highest BCUT2D eigenvalue weighted by molar-refractivity contribution is 5.98. The summed E-state index contributed by atoms with van der Waals surface area (Å²) < 4.78 is 11.2. The predicted molar refractivity (Wildman–Crippen MR) is 94.5 cm³/mol. The molecule has 0 atom stereocenters. The highest BCUT2D eigenvalue weighted by Gasteiger charge is 2.21. The zero-order chi connectivity index (χ0) is 16.9. The summed E-state index contributed by atoms with van der Waals surface area (Å²) in [4.78, 5) is 12.5. The molecule has 1 aromatic carbocycles. The molecule has 5 nitrogen and oxygen atoms in total. The van der Waals surface area contributed by atoms with Crippen molar-refractivity contribution in [3.63, 3.8) is 0 Å². The Morgan fingerprint density at radius 1 is 1.29 bits per heavy atom. The molecule has 1 fully saturated rings.